The predicted octanol–water partition coefficient (Wildman–Crippen LogP) is 2.15. The highest BCUT2D eigenvalue weighted by atomic mass is 16.2. The smallest absolute Gasteiger partial charge is 0.264 e. The molecule has 0 saturated carbocycles. The summed E-state index contributed by atoms with van der Waals surface area (Å²) >= 11 is 0. The predicted molar refractivity (Wildman–Crippen MR) is 109 cm³/mol. The van der Waals surface area contributed by atoms with Crippen LogP contribution in [0.3, 0.4) is 0 Å². The number of aryl methyl sites for hydroxylation is 1. The fraction of sp³-hybridized carbons (Fsp3) is 0.400. The van der Waals surface area contributed by atoms with Gasteiger partial charge >= 0.3 is 0 Å². The second kappa shape index (κ2) is 7.84. The second-order valence-corrected chi connectivity index (χ2v) is 7.15. The first-order valence-electron chi connectivity index (χ1n) is 9.64. The van der Waals surface area contributed by atoms with Crippen molar-refractivity contribution in [2.75, 3.05) is 23.3 Å². The number of aromatic nitrogens is 4. The molecule has 1 aliphatic heterocycles. The molecule has 8 nitrogen and oxygen atoms in total. The fourth-order valence-electron chi connectivity index (χ4n) is 3.69. The second-order valence-electron chi connectivity index (χ2n) is 7.15. The van der Waals surface area contributed by atoms with Gasteiger partial charge in [-0.3, -0.25) is 18.8 Å². The van der Waals surface area contributed by atoms with Crippen LogP contribution in [0.5, 0.6) is 0 Å². The van der Waals surface area contributed by atoms with Gasteiger partial charge in [0, 0.05) is 20.1 Å². The number of nitrogens with one attached hydrogen (secondary N) is 1. The Hall–Kier alpha value is -3.16. The third-order valence-corrected chi connectivity index (χ3v) is 5.16. The van der Waals surface area contributed by atoms with Gasteiger partial charge in [0.05, 0.1) is 17.6 Å². The summed E-state index contributed by atoms with van der Waals surface area (Å²) in [7, 11) is 1.73. The summed E-state index contributed by atoms with van der Waals surface area (Å²) in [4.78, 5) is 31.8. The summed E-state index contributed by atoms with van der Waals surface area (Å²) in [5, 5.41) is 7.42. The molecule has 3 heterocycles. The monoisotopic (exact) mass is 380 g/mol. The molecule has 0 bridgehead atoms. The molecule has 0 unspecified atom stereocenters. The number of fused-ring (bicyclic) bond motifs is 1. The van der Waals surface area contributed by atoms with Crippen LogP contribution in [0.15, 0.2) is 41.6 Å². The molecule has 2 aromatic heterocycles. The molecule has 0 radical (unpaired) electrons. The van der Waals surface area contributed by atoms with Gasteiger partial charge in [-0.25, -0.2) is 4.98 Å². The van der Waals surface area contributed by atoms with Crippen LogP contribution < -0.4 is 15.8 Å². The molecule has 4 rings (SSSR count). The maximum atomic E-state index is 12.6. The van der Waals surface area contributed by atoms with Crippen LogP contribution >= 0.6 is 0 Å². The van der Waals surface area contributed by atoms with Gasteiger partial charge in [0.1, 0.15) is 18.3 Å². The number of anilines is 2. The van der Waals surface area contributed by atoms with Gasteiger partial charge < -0.3 is 10.2 Å². The maximum absolute atomic E-state index is 12.6. The van der Waals surface area contributed by atoms with E-state index < -0.39 is 0 Å². The molecule has 0 aliphatic carbocycles. The first kappa shape index (κ1) is 18.2. The SMILES string of the molecule is Cn1ncc2c(=O)n(CC(=O)Nc3ccccc3N3CCCCCC3)cnc21. The number of carbonyl (C=O) groups is 1. The molecule has 1 aliphatic rings. The van der Waals surface area contributed by atoms with Crippen molar-refractivity contribution in [2.45, 2.75) is 32.2 Å². The van der Waals surface area contributed by atoms with E-state index in [0.717, 1.165) is 37.3 Å². The molecule has 3 aromatic rings. The summed E-state index contributed by atoms with van der Waals surface area (Å²) in [6, 6.07) is 7.84. The zero-order valence-electron chi connectivity index (χ0n) is 16.0. The molecule has 8 heteroatoms. The average Bonchev–Trinajstić information content (AvgIpc) is 2.90. The standard InChI is InChI=1S/C20H24N6O2/c1-24-19-15(12-22-24)20(28)26(14-21-19)13-18(27)23-16-8-4-5-9-17(16)25-10-6-2-3-7-11-25/h4-5,8-9,12,14H,2-3,6-7,10-11,13H2,1H3,(H,23,27). The normalized spacial score (nSPS) is 14.8. The van der Waals surface area contributed by atoms with Gasteiger partial charge in [-0.2, -0.15) is 5.10 Å². The van der Waals surface area contributed by atoms with Gasteiger partial charge in [0.2, 0.25) is 5.91 Å². The number of benzene rings is 1. The number of rotatable bonds is 4. The molecular formula is C20H24N6O2. The van der Waals surface area contributed by atoms with Crippen molar-refractivity contribution in [3.05, 3.63) is 47.1 Å². The topological polar surface area (TPSA) is 85.0 Å². The lowest BCUT2D eigenvalue weighted by Crippen LogP contribution is -2.29. The number of para-hydroxylation sites is 2. The minimum absolute atomic E-state index is 0.0923. The van der Waals surface area contributed by atoms with Crippen LogP contribution in [0.2, 0.25) is 0 Å². The fourth-order valence-corrected chi connectivity index (χ4v) is 3.69. The molecule has 1 N–H and O–H groups in total. The molecule has 1 amide bonds. The van der Waals surface area contributed by atoms with Gasteiger partial charge in [0.15, 0.2) is 5.65 Å². The van der Waals surface area contributed by atoms with Crippen LogP contribution in [0.4, 0.5) is 11.4 Å². The molecule has 0 atom stereocenters. The average molecular weight is 380 g/mol. The largest absolute Gasteiger partial charge is 0.370 e. The molecule has 1 fully saturated rings. The minimum atomic E-state index is -0.269. The van der Waals surface area contributed by atoms with Crippen molar-refractivity contribution in [1.82, 2.24) is 19.3 Å². The van der Waals surface area contributed by atoms with E-state index in [-0.39, 0.29) is 18.0 Å². The third kappa shape index (κ3) is 3.62. The Morgan fingerprint density at radius 1 is 1.14 bits per heavy atom. The number of carbonyl (C=O) groups excluding carboxylic acids is 1. The Kier molecular flexibility index (Phi) is 5.10. The van der Waals surface area contributed by atoms with Crippen LogP contribution in [0.25, 0.3) is 11.0 Å². The molecule has 146 valence electrons. The zero-order valence-corrected chi connectivity index (χ0v) is 16.0. The molecule has 1 saturated heterocycles. The van der Waals surface area contributed by atoms with Crippen LogP contribution in [-0.2, 0) is 18.4 Å². The van der Waals surface area contributed by atoms with E-state index in [1.54, 1.807) is 11.7 Å². The van der Waals surface area contributed by atoms with Crippen molar-refractivity contribution in [3.63, 3.8) is 0 Å². The Balaban J connectivity index is 1.53. The zero-order chi connectivity index (χ0) is 19.5. The van der Waals surface area contributed by atoms with Crippen molar-refractivity contribution in [2.24, 2.45) is 7.05 Å². The van der Waals surface area contributed by atoms with E-state index in [1.807, 2.05) is 24.3 Å². The quantitative estimate of drug-likeness (QED) is 0.750. The Morgan fingerprint density at radius 3 is 2.68 bits per heavy atom. The maximum Gasteiger partial charge on any atom is 0.264 e. The van der Waals surface area contributed by atoms with E-state index in [4.69, 9.17) is 0 Å². The number of hydrogen-bond acceptors (Lipinski definition) is 5. The lowest BCUT2D eigenvalue weighted by Gasteiger charge is -2.25. The minimum Gasteiger partial charge on any atom is -0.370 e. The van der Waals surface area contributed by atoms with Gasteiger partial charge in [-0.1, -0.05) is 25.0 Å². The summed E-state index contributed by atoms with van der Waals surface area (Å²) in [5.41, 5.74) is 2.05. The van der Waals surface area contributed by atoms with Crippen molar-refractivity contribution in [3.8, 4) is 0 Å². The summed E-state index contributed by atoms with van der Waals surface area (Å²) < 4.78 is 2.85. The van der Waals surface area contributed by atoms with E-state index in [1.165, 1.54) is 29.9 Å². The highest BCUT2D eigenvalue weighted by Gasteiger charge is 2.16. The third-order valence-electron chi connectivity index (χ3n) is 5.16. The van der Waals surface area contributed by atoms with E-state index in [2.05, 4.69) is 20.3 Å². The highest BCUT2D eigenvalue weighted by Crippen LogP contribution is 2.27. The Bertz CT molecular complexity index is 1050. The van der Waals surface area contributed by atoms with Crippen LogP contribution in [-0.4, -0.2) is 38.3 Å². The van der Waals surface area contributed by atoms with Gasteiger partial charge in [-0.15, -0.1) is 0 Å². The Labute approximate surface area is 162 Å². The first-order chi connectivity index (χ1) is 13.6. The first-order valence-corrected chi connectivity index (χ1v) is 9.64. The highest BCUT2D eigenvalue weighted by molar-refractivity contribution is 5.94. The van der Waals surface area contributed by atoms with Gasteiger partial charge in [0.25, 0.3) is 5.56 Å². The Morgan fingerprint density at radius 2 is 1.89 bits per heavy atom. The number of nitrogens with zero attached hydrogens (tertiary/aromatic N) is 5. The lowest BCUT2D eigenvalue weighted by atomic mass is 10.2. The summed E-state index contributed by atoms with van der Waals surface area (Å²) in [6.07, 6.45) is 7.69. The van der Waals surface area contributed by atoms with Crippen LogP contribution in [0.1, 0.15) is 25.7 Å². The number of hydrogen-bond donors (Lipinski definition) is 1. The summed E-state index contributed by atoms with van der Waals surface area (Å²) in [5.74, 6) is -0.255. The molecule has 1 aromatic carbocycles. The van der Waals surface area contributed by atoms with E-state index >= 15 is 0 Å². The van der Waals surface area contributed by atoms with Crippen LogP contribution in [0, 0.1) is 0 Å². The van der Waals surface area contributed by atoms with Crippen molar-refractivity contribution >= 4 is 28.3 Å². The summed E-state index contributed by atoms with van der Waals surface area (Å²) in [6.45, 7) is 1.90. The molecule has 0 spiro atoms. The molecule has 28 heavy (non-hydrogen) atoms. The van der Waals surface area contributed by atoms with Crippen molar-refractivity contribution in [1.29, 1.82) is 0 Å². The number of amides is 1. The van der Waals surface area contributed by atoms with E-state index in [9.17, 15) is 9.59 Å². The molecular weight excluding hydrogens is 356 g/mol. The van der Waals surface area contributed by atoms with E-state index in [0.29, 0.717) is 11.0 Å². The lowest BCUT2D eigenvalue weighted by molar-refractivity contribution is -0.116. The van der Waals surface area contributed by atoms with Crippen molar-refractivity contribution < 1.29 is 4.79 Å². The van der Waals surface area contributed by atoms with Gasteiger partial charge in [-0.05, 0) is 25.0 Å².